The normalized spacial score (nSPS) is 19.9. The van der Waals surface area contributed by atoms with E-state index in [1.165, 1.54) is 5.52 Å². The second kappa shape index (κ2) is 5.72. The first-order valence-corrected chi connectivity index (χ1v) is 7.15. The molecule has 4 nitrogen and oxygen atoms in total. The van der Waals surface area contributed by atoms with E-state index in [2.05, 4.69) is 35.0 Å². The van der Waals surface area contributed by atoms with Crippen molar-refractivity contribution in [1.82, 2.24) is 14.9 Å². The van der Waals surface area contributed by atoms with Crippen molar-refractivity contribution >= 4 is 11.0 Å². The number of fused-ring (bicyclic) bond motifs is 1. The largest absolute Gasteiger partial charge is 0.375 e. The van der Waals surface area contributed by atoms with Crippen LogP contribution in [0.25, 0.3) is 11.0 Å². The third-order valence-corrected chi connectivity index (χ3v) is 3.60. The summed E-state index contributed by atoms with van der Waals surface area (Å²) in [6, 6.07) is 8.37. The molecule has 0 spiro atoms. The zero-order valence-corrected chi connectivity index (χ0v) is 11.4. The molecule has 1 aliphatic heterocycles. The summed E-state index contributed by atoms with van der Waals surface area (Å²) >= 11 is 0. The maximum absolute atomic E-state index is 5.80. The van der Waals surface area contributed by atoms with Gasteiger partial charge in [-0.05, 0) is 18.6 Å². The van der Waals surface area contributed by atoms with Crippen LogP contribution in [0.5, 0.6) is 0 Å². The summed E-state index contributed by atoms with van der Waals surface area (Å²) in [4.78, 5) is 4.78. The Hall–Kier alpha value is -1.39. The summed E-state index contributed by atoms with van der Waals surface area (Å²) < 4.78 is 8.14. The van der Waals surface area contributed by atoms with Crippen molar-refractivity contribution in [2.45, 2.75) is 32.4 Å². The monoisotopic (exact) mass is 259 g/mol. The number of morpholine rings is 1. The summed E-state index contributed by atoms with van der Waals surface area (Å²) in [5.41, 5.74) is 2.33. The molecule has 1 aromatic heterocycles. The van der Waals surface area contributed by atoms with Gasteiger partial charge in [-0.1, -0.05) is 19.1 Å². The number of rotatable bonds is 4. The second-order valence-electron chi connectivity index (χ2n) is 5.07. The maximum Gasteiger partial charge on any atom is 0.112 e. The van der Waals surface area contributed by atoms with E-state index in [-0.39, 0.29) is 6.10 Å². The van der Waals surface area contributed by atoms with Gasteiger partial charge in [-0.2, -0.15) is 0 Å². The zero-order valence-electron chi connectivity index (χ0n) is 11.4. The quantitative estimate of drug-likeness (QED) is 0.912. The van der Waals surface area contributed by atoms with E-state index >= 15 is 0 Å². The molecule has 1 saturated heterocycles. The average Bonchev–Trinajstić information content (AvgIpc) is 2.79. The Bertz CT molecular complexity index is 543. The number of ether oxygens (including phenoxy) is 1. The van der Waals surface area contributed by atoms with E-state index in [0.717, 1.165) is 50.4 Å². The molecule has 0 saturated carbocycles. The van der Waals surface area contributed by atoms with Crippen LogP contribution in [0.15, 0.2) is 24.3 Å². The zero-order chi connectivity index (χ0) is 13.1. The minimum absolute atomic E-state index is 0.251. The second-order valence-corrected chi connectivity index (χ2v) is 5.07. The molecule has 1 aliphatic rings. The molecule has 0 amide bonds. The van der Waals surface area contributed by atoms with Gasteiger partial charge in [0, 0.05) is 26.1 Å². The van der Waals surface area contributed by atoms with Crippen molar-refractivity contribution < 1.29 is 4.74 Å². The smallest absolute Gasteiger partial charge is 0.112 e. The molecule has 1 unspecified atom stereocenters. The number of nitrogens with zero attached hydrogens (tertiary/aromatic N) is 2. The topological polar surface area (TPSA) is 39.1 Å². The number of hydrogen-bond donors (Lipinski definition) is 1. The molecular weight excluding hydrogens is 238 g/mol. The first kappa shape index (κ1) is 12.6. The van der Waals surface area contributed by atoms with Gasteiger partial charge in [0.25, 0.3) is 0 Å². The van der Waals surface area contributed by atoms with Gasteiger partial charge < -0.3 is 14.6 Å². The third kappa shape index (κ3) is 2.65. The number of nitrogens with one attached hydrogen (secondary N) is 1. The summed E-state index contributed by atoms with van der Waals surface area (Å²) in [5.74, 6) is 1.15. The van der Waals surface area contributed by atoms with Crippen molar-refractivity contribution in [3.8, 4) is 0 Å². The molecule has 2 heterocycles. The van der Waals surface area contributed by atoms with E-state index in [0.29, 0.717) is 0 Å². The van der Waals surface area contributed by atoms with Crippen LogP contribution in [0.2, 0.25) is 0 Å². The number of hydrogen-bond acceptors (Lipinski definition) is 3. The lowest BCUT2D eigenvalue weighted by Crippen LogP contribution is -2.40. The summed E-state index contributed by atoms with van der Waals surface area (Å²) in [6.07, 6.45) is 2.26. The Labute approximate surface area is 113 Å². The van der Waals surface area contributed by atoms with E-state index in [9.17, 15) is 0 Å². The molecule has 1 atom stereocenters. The SMILES string of the molecule is CCCn1c(CC2CNCCO2)nc2ccccc21. The van der Waals surface area contributed by atoms with Crippen LogP contribution in [-0.4, -0.2) is 35.4 Å². The highest BCUT2D eigenvalue weighted by Gasteiger charge is 2.18. The fourth-order valence-corrected chi connectivity index (χ4v) is 2.71. The number of para-hydroxylation sites is 2. The molecule has 1 fully saturated rings. The summed E-state index contributed by atoms with van der Waals surface area (Å²) in [7, 11) is 0. The number of imidazole rings is 1. The lowest BCUT2D eigenvalue weighted by atomic mass is 10.2. The van der Waals surface area contributed by atoms with Crippen LogP contribution < -0.4 is 5.32 Å². The van der Waals surface area contributed by atoms with Crippen LogP contribution in [0, 0.1) is 0 Å². The summed E-state index contributed by atoms with van der Waals surface area (Å²) in [6.45, 7) is 5.92. The van der Waals surface area contributed by atoms with Crippen molar-refractivity contribution in [2.24, 2.45) is 0 Å². The molecule has 1 N–H and O–H groups in total. The van der Waals surface area contributed by atoms with Crippen LogP contribution in [0.4, 0.5) is 0 Å². The summed E-state index contributed by atoms with van der Waals surface area (Å²) in [5, 5.41) is 3.38. The molecule has 19 heavy (non-hydrogen) atoms. The van der Waals surface area contributed by atoms with E-state index in [1.807, 2.05) is 6.07 Å². The molecule has 0 bridgehead atoms. The predicted octanol–water partition coefficient (Wildman–Crippen LogP) is 1.98. The van der Waals surface area contributed by atoms with Crippen LogP contribution in [0.3, 0.4) is 0 Å². The lowest BCUT2D eigenvalue weighted by Gasteiger charge is -2.23. The molecule has 1 aromatic carbocycles. The maximum atomic E-state index is 5.80. The van der Waals surface area contributed by atoms with Gasteiger partial charge in [0.15, 0.2) is 0 Å². The number of benzene rings is 1. The molecule has 0 aliphatic carbocycles. The first-order valence-electron chi connectivity index (χ1n) is 7.15. The first-order chi connectivity index (χ1) is 9.38. The molecular formula is C15H21N3O. The average molecular weight is 259 g/mol. The Balaban J connectivity index is 1.90. The minimum Gasteiger partial charge on any atom is -0.375 e. The Morgan fingerprint density at radius 1 is 1.42 bits per heavy atom. The van der Waals surface area contributed by atoms with Crippen LogP contribution in [0.1, 0.15) is 19.2 Å². The van der Waals surface area contributed by atoms with Crippen molar-refractivity contribution in [2.75, 3.05) is 19.7 Å². The highest BCUT2D eigenvalue weighted by molar-refractivity contribution is 5.75. The molecule has 4 heteroatoms. The van der Waals surface area contributed by atoms with Gasteiger partial charge in [-0.3, -0.25) is 0 Å². The van der Waals surface area contributed by atoms with E-state index in [1.54, 1.807) is 0 Å². The number of aromatic nitrogens is 2. The predicted molar refractivity (Wildman–Crippen MR) is 76.3 cm³/mol. The van der Waals surface area contributed by atoms with Crippen molar-refractivity contribution in [1.29, 1.82) is 0 Å². The van der Waals surface area contributed by atoms with E-state index in [4.69, 9.17) is 9.72 Å². The van der Waals surface area contributed by atoms with Gasteiger partial charge in [-0.25, -0.2) is 4.98 Å². The van der Waals surface area contributed by atoms with Gasteiger partial charge in [0.2, 0.25) is 0 Å². The molecule has 2 aromatic rings. The van der Waals surface area contributed by atoms with Gasteiger partial charge in [0.05, 0.1) is 23.7 Å². The fourth-order valence-electron chi connectivity index (χ4n) is 2.71. The highest BCUT2D eigenvalue weighted by atomic mass is 16.5. The van der Waals surface area contributed by atoms with Crippen LogP contribution >= 0.6 is 0 Å². The standard InChI is InChI=1S/C15H21N3O/c1-2-8-18-14-6-4-3-5-13(14)17-15(18)10-12-11-16-7-9-19-12/h3-6,12,16H,2,7-11H2,1H3. The van der Waals surface area contributed by atoms with Crippen molar-refractivity contribution in [3.05, 3.63) is 30.1 Å². The van der Waals surface area contributed by atoms with Gasteiger partial charge >= 0.3 is 0 Å². The third-order valence-electron chi connectivity index (χ3n) is 3.60. The molecule has 3 rings (SSSR count). The Morgan fingerprint density at radius 2 is 2.32 bits per heavy atom. The van der Waals surface area contributed by atoms with Crippen molar-refractivity contribution in [3.63, 3.8) is 0 Å². The lowest BCUT2D eigenvalue weighted by molar-refractivity contribution is 0.0276. The molecule has 102 valence electrons. The molecule has 0 radical (unpaired) electrons. The van der Waals surface area contributed by atoms with Gasteiger partial charge in [-0.15, -0.1) is 0 Å². The minimum atomic E-state index is 0.251. The Kier molecular flexibility index (Phi) is 3.80. The fraction of sp³-hybridized carbons (Fsp3) is 0.533. The van der Waals surface area contributed by atoms with Crippen LogP contribution in [-0.2, 0) is 17.7 Å². The Morgan fingerprint density at radius 3 is 3.11 bits per heavy atom. The number of aryl methyl sites for hydroxylation is 1. The van der Waals surface area contributed by atoms with E-state index < -0.39 is 0 Å². The highest BCUT2D eigenvalue weighted by Crippen LogP contribution is 2.18. The van der Waals surface area contributed by atoms with Gasteiger partial charge in [0.1, 0.15) is 5.82 Å².